The summed E-state index contributed by atoms with van der Waals surface area (Å²) in [6, 6.07) is 3.80. The molecule has 0 amide bonds. The fourth-order valence-corrected chi connectivity index (χ4v) is 1.15. The predicted molar refractivity (Wildman–Crippen MR) is 56.6 cm³/mol. The minimum atomic E-state index is 0.617. The molecular formula is C10H10N4. The van der Waals surface area contributed by atoms with Crippen molar-refractivity contribution in [2.24, 2.45) is 10.7 Å². The minimum absolute atomic E-state index is 0.617. The topological polar surface area (TPSA) is 54.5 Å². The second-order valence-electron chi connectivity index (χ2n) is 2.82. The van der Waals surface area contributed by atoms with Crippen LogP contribution in [0, 0.1) is 0 Å². The van der Waals surface area contributed by atoms with Crippen LogP contribution in [0.5, 0.6) is 0 Å². The lowest BCUT2D eigenvalue weighted by Gasteiger charge is -2.14. The van der Waals surface area contributed by atoms with E-state index in [1.807, 2.05) is 29.4 Å². The van der Waals surface area contributed by atoms with Crippen molar-refractivity contribution in [3.63, 3.8) is 0 Å². The van der Waals surface area contributed by atoms with E-state index in [1.165, 1.54) is 0 Å². The van der Waals surface area contributed by atoms with E-state index in [2.05, 4.69) is 9.98 Å². The minimum Gasteiger partial charge on any atom is -0.396 e. The molecule has 0 saturated heterocycles. The van der Waals surface area contributed by atoms with E-state index in [-0.39, 0.29) is 0 Å². The molecule has 14 heavy (non-hydrogen) atoms. The molecule has 2 N–H and O–H groups in total. The zero-order valence-corrected chi connectivity index (χ0v) is 7.54. The van der Waals surface area contributed by atoms with Gasteiger partial charge < -0.3 is 10.6 Å². The number of nitrogens with zero attached hydrogens (tertiary/aromatic N) is 3. The number of anilines is 1. The SMILES string of the molecule is NC1=CN(c2ccncc2)C=CN=C1. The number of aliphatic imine (C=N–C) groups is 1. The fourth-order valence-electron chi connectivity index (χ4n) is 1.15. The van der Waals surface area contributed by atoms with Crippen molar-refractivity contribution in [2.45, 2.75) is 0 Å². The van der Waals surface area contributed by atoms with Crippen LogP contribution in [0.25, 0.3) is 0 Å². The summed E-state index contributed by atoms with van der Waals surface area (Å²) in [5.41, 5.74) is 7.30. The third kappa shape index (κ3) is 1.80. The van der Waals surface area contributed by atoms with E-state index in [9.17, 15) is 0 Å². The first-order valence-corrected chi connectivity index (χ1v) is 4.22. The Morgan fingerprint density at radius 3 is 2.79 bits per heavy atom. The summed E-state index contributed by atoms with van der Waals surface area (Å²) in [6.45, 7) is 0. The zero-order valence-electron chi connectivity index (χ0n) is 7.54. The molecule has 0 aromatic carbocycles. The first-order valence-electron chi connectivity index (χ1n) is 4.22. The van der Waals surface area contributed by atoms with E-state index in [1.54, 1.807) is 24.8 Å². The maximum atomic E-state index is 5.68. The van der Waals surface area contributed by atoms with Gasteiger partial charge in [0.15, 0.2) is 0 Å². The van der Waals surface area contributed by atoms with Gasteiger partial charge in [-0.05, 0) is 12.1 Å². The average molecular weight is 186 g/mol. The van der Waals surface area contributed by atoms with Crippen molar-refractivity contribution < 1.29 is 0 Å². The molecule has 1 aliphatic heterocycles. The van der Waals surface area contributed by atoms with Crippen molar-refractivity contribution in [3.05, 3.63) is 48.8 Å². The van der Waals surface area contributed by atoms with Crippen molar-refractivity contribution >= 4 is 11.9 Å². The van der Waals surface area contributed by atoms with E-state index < -0.39 is 0 Å². The highest BCUT2D eigenvalue weighted by molar-refractivity contribution is 5.79. The van der Waals surface area contributed by atoms with Crippen LogP contribution in [-0.2, 0) is 0 Å². The highest BCUT2D eigenvalue weighted by Gasteiger charge is 2.00. The third-order valence-corrected chi connectivity index (χ3v) is 1.79. The highest BCUT2D eigenvalue weighted by atomic mass is 15.1. The van der Waals surface area contributed by atoms with Crippen LogP contribution in [-0.4, -0.2) is 11.2 Å². The van der Waals surface area contributed by atoms with E-state index in [4.69, 9.17) is 5.73 Å². The van der Waals surface area contributed by atoms with Gasteiger partial charge in [-0.3, -0.25) is 9.98 Å². The maximum Gasteiger partial charge on any atom is 0.0669 e. The quantitative estimate of drug-likeness (QED) is 0.718. The number of pyridine rings is 1. The molecule has 0 unspecified atom stereocenters. The summed E-state index contributed by atoms with van der Waals surface area (Å²) < 4.78 is 0. The summed E-state index contributed by atoms with van der Waals surface area (Å²) in [5, 5.41) is 0. The van der Waals surface area contributed by atoms with Gasteiger partial charge in [0.1, 0.15) is 0 Å². The molecule has 4 nitrogen and oxygen atoms in total. The molecule has 0 saturated carbocycles. The molecule has 2 heterocycles. The zero-order chi connectivity index (χ0) is 9.80. The first kappa shape index (κ1) is 8.50. The van der Waals surface area contributed by atoms with Gasteiger partial charge in [0.25, 0.3) is 0 Å². The Balaban J connectivity index is 2.32. The lowest BCUT2D eigenvalue weighted by molar-refractivity contribution is 1.22. The van der Waals surface area contributed by atoms with Gasteiger partial charge in [-0.2, -0.15) is 0 Å². The molecule has 0 atom stereocenters. The Morgan fingerprint density at radius 2 is 2.00 bits per heavy atom. The Morgan fingerprint density at radius 1 is 1.21 bits per heavy atom. The number of allylic oxidation sites excluding steroid dienone is 1. The summed E-state index contributed by atoms with van der Waals surface area (Å²) in [5.74, 6) is 0. The molecule has 2 rings (SSSR count). The Labute approximate surface area is 82.1 Å². The predicted octanol–water partition coefficient (Wildman–Crippen LogP) is 1.24. The van der Waals surface area contributed by atoms with Crippen LogP contribution in [0.4, 0.5) is 5.69 Å². The number of nitrogens with two attached hydrogens (primary N) is 1. The Kier molecular flexibility index (Phi) is 2.27. The Bertz CT molecular complexity index is 392. The van der Waals surface area contributed by atoms with Gasteiger partial charge in [-0.15, -0.1) is 0 Å². The van der Waals surface area contributed by atoms with Gasteiger partial charge >= 0.3 is 0 Å². The van der Waals surface area contributed by atoms with Gasteiger partial charge in [0.2, 0.25) is 0 Å². The lowest BCUT2D eigenvalue weighted by Crippen LogP contribution is -2.10. The van der Waals surface area contributed by atoms with E-state index >= 15 is 0 Å². The first-order chi connectivity index (χ1) is 6.86. The summed E-state index contributed by atoms with van der Waals surface area (Å²) >= 11 is 0. The number of hydrogen-bond acceptors (Lipinski definition) is 4. The summed E-state index contributed by atoms with van der Waals surface area (Å²) in [7, 11) is 0. The molecule has 1 aromatic rings. The van der Waals surface area contributed by atoms with Crippen LogP contribution >= 0.6 is 0 Å². The normalized spacial score (nSPS) is 15.1. The third-order valence-electron chi connectivity index (χ3n) is 1.79. The molecule has 70 valence electrons. The van der Waals surface area contributed by atoms with Crippen LogP contribution in [0.3, 0.4) is 0 Å². The van der Waals surface area contributed by atoms with Crippen LogP contribution in [0.15, 0.2) is 53.8 Å². The van der Waals surface area contributed by atoms with Gasteiger partial charge in [-0.1, -0.05) is 0 Å². The molecular weight excluding hydrogens is 176 g/mol. The summed E-state index contributed by atoms with van der Waals surface area (Å²) in [6.07, 6.45) is 10.4. The maximum absolute atomic E-state index is 5.68. The fraction of sp³-hybridized carbons (Fsp3) is 0. The molecule has 1 aliphatic rings. The second kappa shape index (κ2) is 3.74. The number of hydrogen-bond donors (Lipinski definition) is 1. The summed E-state index contributed by atoms with van der Waals surface area (Å²) in [4.78, 5) is 9.81. The lowest BCUT2D eigenvalue weighted by atomic mass is 10.3. The molecule has 0 bridgehead atoms. The van der Waals surface area contributed by atoms with Crippen molar-refractivity contribution in [1.29, 1.82) is 0 Å². The number of aromatic nitrogens is 1. The van der Waals surface area contributed by atoms with Gasteiger partial charge in [0, 0.05) is 36.7 Å². The molecule has 0 spiro atoms. The van der Waals surface area contributed by atoms with Crippen LogP contribution in [0.1, 0.15) is 0 Å². The van der Waals surface area contributed by atoms with Crippen molar-refractivity contribution in [3.8, 4) is 0 Å². The van der Waals surface area contributed by atoms with Crippen LogP contribution < -0.4 is 10.6 Å². The monoisotopic (exact) mass is 186 g/mol. The number of rotatable bonds is 1. The Hall–Kier alpha value is -2.10. The van der Waals surface area contributed by atoms with Crippen LogP contribution in [0.2, 0.25) is 0 Å². The van der Waals surface area contributed by atoms with Crippen molar-refractivity contribution in [2.75, 3.05) is 4.90 Å². The molecule has 0 radical (unpaired) electrons. The molecule has 4 heteroatoms. The molecule has 0 aliphatic carbocycles. The van der Waals surface area contributed by atoms with E-state index in [0.29, 0.717) is 5.70 Å². The molecule has 0 fully saturated rings. The standard InChI is InChI=1S/C10H10N4/c11-9-7-13-5-6-14(8-9)10-1-3-12-4-2-10/h1-8H,11H2. The van der Waals surface area contributed by atoms with Gasteiger partial charge in [0.05, 0.1) is 11.9 Å². The van der Waals surface area contributed by atoms with Crippen molar-refractivity contribution in [1.82, 2.24) is 4.98 Å². The van der Waals surface area contributed by atoms with Gasteiger partial charge in [-0.25, -0.2) is 0 Å². The average Bonchev–Trinajstić information content (AvgIpc) is 2.44. The highest BCUT2D eigenvalue weighted by Crippen LogP contribution is 2.14. The second-order valence-corrected chi connectivity index (χ2v) is 2.82. The largest absolute Gasteiger partial charge is 0.396 e. The van der Waals surface area contributed by atoms with E-state index in [0.717, 1.165) is 5.69 Å². The molecule has 1 aromatic heterocycles. The smallest absolute Gasteiger partial charge is 0.0669 e.